The minimum atomic E-state index is -0.206. The Labute approximate surface area is 165 Å². The number of benzene rings is 1. The van der Waals surface area contributed by atoms with Crippen molar-refractivity contribution in [1.82, 2.24) is 15.0 Å². The van der Waals surface area contributed by atoms with Crippen LogP contribution in [0, 0.1) is 12.8 Å². The number of aromatic nitrogens is 2. The van der Waals surface area contributed by atoms with E-state index in [0.717, 1.165) is 43.4 Å². The highest BCUT2D eigenvalue weighted by atomic mass is 16.6. The molecule has 4 rings (SSSR count). The minimum Gasteiger partial charge on any atom is -0.446 e. The van der Waals surface area contributed by atoms with Gasteiger partial charge in [-0.15, -0.1) is 0 Å². The van der Waals surface area contributed by atoms with Crippen LogP contribution in [-0.2, 0) is 15.9 Å². The number of likely N-dealkylation sites (tertiary alicyclic amines) is 1. The monoisotopic (exact) mass is 385 g/mol. The highest BCUT2D eigenvalue weighted by Gasteiger charge is 2.28. The summed E-state index contributed by atoms with van der Waals surface area (Å²) in [6, 6.07) is 8.00. The molecule has 2 fully saturated rings. The normalized spacial score (nSPS) is 20.9. The standard InChI is InChI=1S/C21H27N3O4/c1-15-5-2-3-7-18(15)20-22-19(28-23-20)13-16-6-4-10-24(14-16)21(25)27-17-8-11-26-12-9-17/h2-3,5,7,16-17H,4,6,8-14H2,1H3. The number of carbonyl (C=O) groups excluding carboxylic acids is 1. The third-order valence-corrected chi connectivity index (χ3v) is 5.53. The summed E-state index contributed by atoms with van der Waals surface area (Å²) < 4.78 is 16.5. The van der Waals surface area contributed by atoms with Crippen molar-refractivity contribution in [3.8, 4) is 11.4 Å². The Bertz CT molecular complexity index is 800. The first-order chi connectivity index (χ1) is 13.7. The molecule has 2 aliphatic heterocycles. The number of piperidine rings is 1. The number of rotatable bonds is 4. The fraction of sp³-hybridized carbons (Fsp3) is 0.571. The lowest BCUT2D eigenvalue weighted by molar-refractivity contribution is -0.0139. The number of amides is 1. The van der Waals surface area contributed by atoms with Crippen molar-refractivity contribution < 1.29 is 18.8 Å². The van der Waals surface area contributed by atoms with Gasteiger partial charge in [0, 0.05) is 37.9 Å². The number of aryl methyl sites for hydroxylation is 1. The Kier molecular flexibility index (Phi) is 5.90. The fourth-order valence-electron chi connectivity index (χ4n) is 3.93. The van der Waals surface area contributed by atoms with E-state index in [9.17, 15) is 4.79 Å². The van der Waals surface area contributed by atoms with Gasteiger partial charge in [0.05, 0.1) is 13.2 Å². The van der Waals surface area contributed by atoms with Gasteiger partial charge in [0.25, 0.3) is 0 Å². The largest absolute Gasteiger partial charge is 0.446 e. The van der Waals surface area contributed by atoms with Crippen LogP contribution in [0.3, 0.4) is 0 Å². The van der Waals surface area contributed by atoms with Crippen LogP contribution >= 0.6 is 0 Å². The Morgan fingerprint density at radius 3 is 2.89 bits per heavy atom. The van der Waals surface area contributed by atoms with Crippen molar-refractivity contribution in [2.45, 2.75) is 45.1 Å². The zero-order valence-corrected chi connectivity index (χ0v) is 16.3. The van der Waals surface area contributed by atoms with Gasteiger partial charge in [-0.3, -0.25) is 0 Å². The Morgan fingerprint density at radius 2 is 2.07 bits per heavy atom. The van der Waals surface area contributed by atoms with Crippen LogP contribution in [0.1, 0.15) is 37.1 Å². The molecule has 1 aromatic heterocycles. The van der Waals surface area contributed by atoms with Crippen LogP contribution in [0.2, 0.25) is 0 Å². The summed E-state index contributed by atoms with van der Waals surface area (Å²) in [5, 5.41) is 4.14. The SMILES string of the molecule is Cc1ccccc1-c1noc(CC2CCCN(C(=O)OC3CCOCC3)C2)n1. The smallest absolute Gasteiger partial charge is 0.410 e. The van der Waals surface area contributed by atoms with Crippen LogP contribution in [0.5, 0.6) is 0 Å². The van der Waals surface area contributed by atoms with E-state index in [1.165, 1.54) is 0 Å². The molecule has 0 bridgehead atoms. The van der Waals surface area contributed by atoms with E-state index in [4.69, 9.17) is 14.0 Å². The minimum absolute atomic E-state index is 0.0192. The maximum absolute atomic E-state index is 12.5. The van der Waals surface area contributed by atoms with Gasteiger partial charge in [0.2, 0.25) is 11.7 Å². The third kappa shape index (κ3) is 4.52. The van der Waals surface area contributed by atoms with E-state index in [0.29, 0.717) is 43.8 Å². The summed E-state index contributed by atoms with van der Waals surface area (Å²) in [4.78, 5) is 18.9. The summed E-state index contributed by atoms with van der Waals surface area (Å²) in [6.07, 6.45) is 4.03. The third-order valence-electron chi connectivity index (χ3n) is 5.53. The van der Waals surface area contributed by atoms with Gasteiger partial charge < -0.3 is 18.9 Å². The van der Waals surface area contributed by atoms with Crippen LogP contribution in [0.25, 0.3) is 11.4 Å². The zero-order chi connectivity index (χ0) is 19.3. The Morgan fingerprint density at radius 1 is 1.25 bits per heavy atom. The molecule has 1 amide bonds. The Hall–Kier alpha value is -2.41. The second-order valence-corrected chi connectivity index (χ2v) is 7.68. The topological polar surface area (TPSA) is 77.7 Å². The number of hydrogen-bond donors (Lipinski definition) is 0. The maximum Gasteiger partial charge on any atom is 0.410 e. The van der Waals surface area contributed by atoms with E-state index < -0.39 is 0 Å². The molecule has 0 saturated carbocycles. The van der Waals surface area contributed by atoms with E-state index in [1.54, 1.807) is 0 Å². The predicted octanol–water partition coefficient (Wildman–Crippen LogP) is 3.62. The highest BCUT2D eigenvalue weighted by molar-refractivity contribution is 5.68. The molecule has 7 nitrogen and oxygen atoms in total. The van der Waals surface area contributed by atoms with Gasteiger partial charge in [-0.1, -0.05) is 29.4 Å². The molecule has 3 heterocycles. The number of nitrogens with zero attached hydrogens (tertiary/aromatic N) is 3. The molecule has 0 N–H and O–H groups in total. The highest BCUT2D eigenvalue weighted by Crippen LogP contribution is 2.24. The van der Waals surface area contributed by atoms with Gasteiger partial charge in [-0.05, 0) is 31.2 Å². The second-order valence-electron chi connectivity index (χ2n) is 7.68. The molecular weight excluding hydrogens is 358 g/mol. The van der Waals surface area contributed by atoms with Crippen LogP contribution < -0.4 is 0 Å². The van der Waals surface area contributed by atoms with E-state index in [1.807, 2.05) is 36.1 Å². The second kappa shape index (κ2) is 8.73. The van der Waals surface area contributed by atoms with Crippen LogP contribution in [0.15, 0.2) is 28.8 Å². The number of ether oxygens (including phenoxy) is 2. The number of carbonyl (C=O) groups is 1. The van der Waals surface area contributed by atoms with Crippen LogP contribution in [0.4, 0.5) is 4.79 Å². The molecule has 0 aliphatic carbocycles. The molecular formula is C21H27N3O4. The number of hydrogen-bond acceptors (Lipinski definition) is 6. The molecule has 1 aromatic carbocycles. The first-order valence-electron chi connectivity index (χ1n) is 10.1. The fourth-order valence-corrected chi connectivity index (χ4v) is 3.93. The average molecular weight is 385 g/mol. The van der Waals surface area contributed by atoms with Crippen molar-refractivity contribution in [3.05, 3.63) is 35.7 Å². The summed E-state index contributed by atoms with van der Waals surface area (Å²) in [7, 11) is 0. The van der Waals surface area contributed by atoms with Crippen molar-refractivity contribution in [2.75, 3.05) is 26.3 Å². The van der Waals surface area contributed by atoms with Gasteiger partial charge in [0.15, 0.2) is 0 Å². The van der Waals surface area contributed by atoms with Gasteiger partial charge in [0.1, 0.15) is 6.10 Å². The first-order valence-corrected chi connectivity index (χ1v) is 10.1. The van der Waals surface area contributed by atoms with Crippen molar-refractivity contribution in [2.24, 2.45) is 5.92 Å². The van der Waals surface area contributed by atoms with Crippen molar-refractivity contribution >= 4 is 6.09 Å². The average Bonchev–Trinajstić information content (AvgIpc) is 3.17. The summed E-state index contributed by atoms with van der Waals surface area (Å²) in [5.74, 6) is 1.56. The van der Waals surface area contributed by atoms with Crippen LogP contribution in [-0.4, -0.2) is 53.5 Å². The van der Waals surface area contributed by atoms with Gasteiger partial charge in [-0.2, -0.15) is 4.98 Å². The lowest BCUT2D eigenvalue weighted by atomic mass is 9.95. The summed E-state index contributed by atoms with van der Waals surface area (Å²) in [6.45, 7) is 4.79. The van der Waals surface area contributed by atoms with E-state index >= 15 is 0 Å². The van der Waals surface area contributed by atoms with E-state index in [2.05, 4.69) is 10.1 Å². The molecule has 0 spiro atoms. The lowest BCUT2D eigenvalue weighted by Gasteiger charge is -2.33. The lowest BCUT2D eigenvalue weighted by Crippen LogP contribution is -2.42. The molecule has 1 unspecified atom stereocenters. The van der Waals surface area contributed by atoms with Gasteiger partial charge in [-0.25, -0.2) is 4.79 Å². The molecule has 2 aliphatic rings. The molecule has 2 saturated heterocycles. The molecule has 2 aromatic rings. The predicted molar refractivity (Wildman–Crippen MR) is 103 cm³/mol. The Balaban J connectivity index is 1.34. The van der Waals surface area contributed by atoms with E-state index in [-0.39, 0.29) is 12.2 Å². The van der Waals surface area contributed by atoms with Gasteiger partial charge >= 0.3 is 6.09 Å². The molecule has 7 heteroatoms. The molecule has 150 valence electrons. The quantitative estimate of drug-likeness (QED) is 0.800. The van der Waals surface area contributed by atoms with Crippen molar-refractivity contribution in [1.29, 1.82) is 0 Å². The molecule has 0 radical (unpaired) electrons. The maximum atomic E-state index is 12.5. The van der Waals surface area contributed by atoms with Crippen molar-refractivity contribution in [3.63, 3.8) is 0 Å². The molecule has 1 atom stereocenters. The summed E-state index contributed by atoms with van der Waals surface area (Å²) >= 11 is 0. The molecule has 28 heavy (non-hydrogen) atoms. The summed E-state index contributed by atoms with van der Waals surface area (Å²) in [5.41, 5.74) is 2.11. The zero-order valence-electron chi connectivity index (χ0n) is 16.3. The first kappa shape index (κ1) is 18.9.